The molecule has 1 N–H and O–H groups in total. The molecule has 1 saturated heterocycles. The molecule has 142 valence electrons. The molecule has 2 aromatic rings. The zero-order valence-corrected chi connectivity index (χ0v) is 16.3. The summed E-state index contributed by atoms with van der Waals surface area (Å²) in [7, 11) is 0. The van der Waals surface area contributed by atoms with Crippen molar-refractivity contribution < 1.29 is 4.79 Å². The quantitative estimate of drug-likeness (QED) is 0.792. The van der Waals surface area contributed by atoms with Crippen LogP contribution < -0.4 is 10.2 Å². The molecule has 0 bridgehead atoms. The zero-order valence-electron chi connectivity index (χ0n) is 16.3. The summed E-state index contributed by atoms with van der Waals surface area (Å²) in [4.78, 5) is 15.7. The largest absolute Gasteiger partial charge is 0.372 e. The molecular weight excluding hydrogens is 332 g/mol. The number of benzene rings is 2. The van der Waals surface area contributed by atoms with Gasteiger partial charge in [-0.25, -0.2) is 0 Å². The van der Waals surface area contributed by atoms with Crippen molar-refractivity contribution in [2.24, 2.45) is 5.92 Å². The number of anilines is 2. The first-order valence-corrected chi connectivity index (χ1v) is 10.4. The minimum atomic E-state index is -0.372. The van der Waals surface area contributed by atoms with Crippen molar-refractivity contribution in [2.75, 3.05) is 23.3 Å². The monoisotopic (exact) mass is 362 g/mol. The Hall–Kier alpha value is -2.29. The van der Waals surface area contributed by atoms with Gasteiger partial charge in [-0.15, -0.1) is 0 Å². The second kappa shape index (κ2) is 7.75. The van der Waals surface area contributed by atoms with Crippen LogP contribution in [0, 0.1) is 5.92 Å². The molecule has 2 fully saturated rings. The molecule has 3 nitrogen and oxygen atoms in total. The normalized spacial score (nSPS) is 19.8. The highest BCUT2D eigenvalue weighted by Crippen LogP contribution is 2.42. The lowest BCUT2D eigenvalue weighted by molar-refractivity contribution is -0.121. The Balaban J connectivity index is 1.47. The third-order valence-electron chi connectivity index (χ3n) is 6.49. The number of piperidine rings is 1. The van der Waals surface area contributed by atoms with Crippen molar-refractivity contribution >= 4 is 17.3 Å². The van der Waals surface area contributed by atoms with Crippen LogP contribution in [0.4, 0.5) is 11.4 Å². The van der Waals surface area contributed by atoms with Crippen molar-refractivity contribution in [3.8, 4) is 0 Å². The first-order valence-electron chi connectivity index (χ1n) is 10.4. The van der Waals surface area contributed by atoms with E-state index in [1.807, 2.05) is 18.2 Å². The van der Waals surface area contributed by atoms with Crippen LogP contribution in [0.15, 0.2) is 54.6 Å². The van der Waals surface area contributed by atoms with Crippen LogP contribution in [0.3, 0.4) is 0 Å². The average Bonchev–Trinajstić information content (AvgIpc) is 3.21. The molecule has 0 aromatic heterocycles. The molecule has 0 unspecified atom stereocenters. The summed E-state index contributed by atoms with van der Waals surface area (Å²) in [6, 6.07) is 18.7. The number of nitrogens with zero attached hydrogens (tertiary/aromatic N) is 1. The van der Waals surface area contributed by atoms with Gasteiger partial charge >= 0.3 is 0 Å². The fourth-order valence-corrected chi connectivity index (χ4v) is 4.66. The topological polar surface area (TPSA) is 32.3 Å². The maximum absolute atomic E-state index is 13.2. The van der Waals surface area contributed by atoms with E-state index in [0.717, 1.165) is 55.9 Å². The highest BCUT2D eigenvalue weighted by Gasteiger charge is 2.42. The summed E-state index contributed by atoms with van der Waals surface area (Å²) < 4.78 is 0. The SMILES string of the molecule is CC1CCN(c2ccc(NC(=O)C3(c4ccccc4)CCCC3)cc2)CC1. The molecule has 4 rings (SSSR count). The van der Waals surface area contributed by atoms with Crippen molar-refractivity contribution in [2.45, 2.75) is 50.9 Å². The van der Waals surface area contributed by atoms with Gasteiger partial charge in [0.1, 0.15) is 0 Å². The second-order valence-electron chi connectivity index (χ2n) is 8.33. The van der Waals surface area contributed by atoms with Crippen LogP contribution >= 0.6 is 0 Å². The van der Waals surface area contributed by atoms with Gasteiger partial charge in [-0.3, -0.25) is 4.79 Å². The van der Waals surface area contributed by atoms with Crippen LogP contribution in [0.25, 0.3) is 0 Å². The molecule has 2 aliphatic rings. The molecule has 1 heterocycles. The summed E-state index contributed by atoms with van der Waals surface area (Å²) in [5.41, 5.74) is 2.94. The Morgan fingerprint density at radius 3 is 2.22 bits per heavy atom. The van der Waals surface area contributed by atoms with Crippen LogP contribution in [0.5, 0.6) is 0 Å². The van der Waals surface area contributed by atoms with E-state index in [-0.39, 0.29) is 11.3 Å². The van der Waals surface area contributed by atoms with Crippen molar-refractivity contribution in [3.05, 3.63) is 60.2 Å². The number of carbonyl (C=O) groups excluding carboxylic acids is 1. The molecular formula is C24H30N2O. The number of hydrogen-bond donors (Lipinski definition) is 1. The average molecular weight is 363 g/mol. The fraction of sp³-hybridized carbons (Fsp3) is 0.458. The van der Waals surface area contributed by atoms with Crippen molar-refractivity contribution in [1.82, 2.24) is 0 Å². The lowest BCUT2D eigenvalue weighted by atomic mass is 9.78. The van der Waals surface area contributed by atoms with E-state index < -0.39 is 0 Å². The predicted octanol–water partition coefficient (Wildman–Crippen LogP) is 5.37. The van der Waals surface area contributed by atoms with Gasteiger partial charge in [-0.2, -0.15) is 0 Å². The zero-order chi connectivity index (χ0) is 18.7. The van der Waals surface area contributed by atoms with E-state index in [2.05, 4.69) is 53.5 Å². The van der Waals surface area contributed by atoms with Crippen molar-refractivity contribution in [1.29, 1.82) is 0 Å². The van der Waals surface area contributed by atoms with Crippen molar-refractivity contribution in [3.63, 3.8) is 0 Å². The Kier molecular flexibility index (Phi) is 5.20. The summed E-state index contributed by atoms with van der Waals surface area (Å²) in [5.74, 6) is 0.978. The summed E-state index contributed by atoms with van der Waals surface area (Å²) >= 11 is 0. The smallest absolute Gasteiger partial charge is 0.235 e. The molecule has 1 aliphatic carbocycles. The van der Waals surface area contributed by atoms with E-state index in [0.29, 0.717) is 0 Å². The molecule has 2 aromatic carbocycles. The molecule has 0 spiro atoms. The molecule has 1 aliphatic heterocycles. The van der Waals surface area contributed by atoms with Gasteiger partial charge in [0.05, 0.1) is 5.41 Å². The lowest BCUT2D eigenvalue weighted by Crippen LogP contribution is -2.38. The first-order chi connectivity index (χ1) is 13.2. The number of nitrogens with one attached hydrogen (secondary N) is 1. The highest BCUT2D eigenvalue weighted by atomic mass is 16.2. The third-order valence-corrected chi connectivity index (χ3v) is 6.49. The van der Waals surface area contributed by atoms with Crippen LogP contribution in [0.1, 0.15) is 51.0 Å². The Morgan fingerprint density at radius 2 is 1.59 bits per heavy atom. The van der Waals surface area contributed by atoms with E-state index in [1.54, 1.807) is 0 Å². The van der Waals surface area contributed by atoms with Gasteiger partial charge in [0.25, 0.3) is 0 Å². The summed E-state index contributed by atoms with van der Waals surface area (Å²) in [6.45, 7) is 4.59. The lowest BCUT2D eigenvalue weighted by Gasteiger charge is -2.32. The molecule has 27 heavy (non-hydrogen) atoms. The summed E-state index contributed by atoms with van der Waals surface area (Å²) in [5, 5.41) is 3.20. The van der Waals surface area contributed by atoms with Gasteiger partial charge in [-0.05, 0) is 61.4 Å². The Morgan fingerprint density at radius 1 is 0.963 bits per heavy atom. The van der Waals surface area contributed by atoms with Gasteiger partial charge in [0, 0.05) is 24.5 Å². The van der Waals surface area contributed by atoms with Gasteiger partial charge in [-0.1, -0.05) is 50.1 Å². The number of amides is 1. The molecule has 0 radical (unpaired) electrons. The number of hydrogen-bond acceptors (Lipinski definition) is 2. The molecule has 1 amide bonds. The van der Waals surface area contributed by atoms with Gasteiger partial charge < -0.3 is 10.2 Å². The van der Waals surface area contributed by atoms with Gasteiger partial charge in [0.2, 0.25) is 5.91 Å². The third kappa shape index (κ3) is 3.73. The Labute approximate surface area is 162 Å². The molecule has 3 heteroatoms. The first kappa shape index (κ1) is 18.1. The fourth-order valence-electron chi connectivity index (χ4n) is 4.66. The molecule has 1 saturated carbocycles. The second-order valence-corrected chi connectivity index (χ2v) is 8.33. The Bertz CT molecular complexity index is 755. The molecule has 0 atom stereocenters. The predicted molar refractivity (Wildman–Crippen MR) is 112 cm³/mol. The van der Waals surface area contributed by atoms with Crippen LogP contribution in [0.2, 0.25) is 0 Å². The van der Waals surface area contributed by atoms with E-state index in [4.69, 9.17) is 0 Å². The standard InChI is InChI=1S/C24H30N2O/c1-19-13-17-26(18-14-19)22-11-9-21(10-12-22)25-23(27)24(15-5-6-16-24)20-7-3-2-4-8-20/h2-4,7-12,19H,5-6,13-18H2,1H3,(H,25,27). The van der Waals surface area contributed by atoms with Crippen LogP contribution in [-0.4, -0.2) is 19.0 Å². The minimum absolute atomic E-state index is 0.144. The maximum Gasteiger partial charge on any atom is 0.235 e. The van der Waals surface area contributed by atoms with E-state index >= 15 is 0 Å². The summed E-state index contributed by atoms with van der Waals surface area (Å²) in [6.07, 6.45) is 6.64. The van der Waals surface area contributed by atoms with E-state index in [9.17, 15) is 4.79 Å². The number of rotatable bonds is 4. The number of carbonyl (C=O) groups is 1. The van der Waals surface area contributed by atoms with Gasteiger partial charge in [0.15, 0.2) is 0 Å². The highest BCUT2D eigenvalue weighted by molar-refractivity contribution is 5.99. The van der Waals surface area contributed by atoms with E-state index in [1.165, 1.54) is 18.5 Å². The maximum atomic E-state index is 13.2. The minimum Gasteiger partial charge on any atom is -0.372 e. The van der Waals surface area contributed by atoms with Crippen LogP contribution in [-0.2, 0) is 10.2 Å².